The zero-order chi connectivity index (χ0) is 13.5. The lowest BCUT2D eigenvalue weighted by molar-refractivity contribution is -0.0500. The molecule has 1 aliphatic carbocycles. The van der Waals surface area contributed by atoms with Gasteiger partial charge in [-0.3, -0.25) is 0 Å². The maximum absolute atomic E-state index is 11.2. The van der Waals surface area contributed by atoms with E-state index in [1.165, 1.54) is 0 Å². The second-order valence-electron chi connectivity index (χ2n) is 6.26. The van der Waals surface area contributed by atoms with Gasteiger partial charge in [0.25, 0.3) is 0 Å². The molecule has 3 atom stereocenters. The summed E-state index contributed by atoms with van der Waals surface area (Å²) in [6.45, 7) is 3.34. The molecule has 1 fully saturated rings. The highest BCUT2D eigenvalue weighted by atomic mass is 16.5. The highest BCUT2D eigenvalue weighted by molar-refractivity contribution is 5.44. The van der Waals surface area contributed by atoms with Crippen LogP contribution in [0.4, 0.5) is 0 Å². The molecule has 1 aromatic rings. The molecule has 1 heterocycles. The highest BCUT2D eigenvalue weighted by Gasteiger charge is 2.55. The lowest BCUT2D eigenvalue weighted by atomic mass is 9.63. The van der Waals surface area contributed by atoms with Gasteiger partial charge in [-0.25, -0.2) is 0 Å². The topological polar surface area (TPSA) is 55.5 Å². The molecule has 0 radical (unpaired) electrons. The first-order valence-corrected chi connectivity index (χ1v) is 7.26. The van der Waals surface area contributed by atoms with E-state index < -0.39 is 5.60 Å². The van der Waals surface area contributed by atoms with Crippen LogP contribution in [0, 0.1) is 5.92 Å². The molecule has 3 N–H and O–H groups in total. The van der Waals surface area contributed by atoms with Gasteiger partial charge in [-0.1, -0.05) is 25.1 Å². The van der Waals surface area contributed by atoms with Gasteiger partial charge in [0, 0.05) is 17.5 Å². The molecule has 3 heteroatoms. The summed E-state index contributed by atoms with van der Waals surface area (Å²) < 4.78 is 5.75. The van der Waals surface area contributed by atoms with Crippen LogP contribution in [0.25, 0.3) is 0 Å². The predicted molar refractivity (Wildman–Crippen MR) is 75.3 cm³/mol. The smallest absolute Gasteiger partial charge is 0.123 e. The Kier molecular flexibility index (Phi) is 3.06. The van der Waals surface area contributed by atoms with Crippen molar-refractivity contribution in [2.75, 3.05) is 13.2 Å². The maximum Gasteiger partial charge on any atom is 0.123 e. The Bertz CT molecular complexity index is 476. The fourth-order valence-corrected chi connectivity index (χ4v) is 4.04. The Labute approximate surface area is 114 Å². The van der Waals surface area contributed by atoms with E-state index in [-0.39, 0.29) is 5.41 Å². The second-order valence-corrected chi connectivity index (χ2v) is 6.26. The maximum atomic E-state index is 11.2. The number of nitrogens with two attached hydrogens (primary N) is 1. The average Bonchev–Trinajstić information content (AvgIpc) is 2.79. The summed E-state index contributed by atoms with van der Waals surface area (Å²) in [4.78, 5) is 0. The van der Waals surface area contributed by atoms with Gasteiger partial charge in [0.05, 0.1) is 12.2 Å². The molecular weight excluding hydrogens is 238 g/mol. The van der Waals surface area contributed by atoms with Crippen LogP contribution in [0.1, 0.15) is 38.2 Å². The summed E-state index contributed by atoms with van der Waals surface area (Å²) in [6.07, 6.45) is 3.59. The summed E-state index contributed by atoms with van der Waals surface area (Å²) in [5.41, 5.74) is 6.23. The van der Waals surface area contributed by atoms with Crippen LogP contribution in [-0.4, -0.2) is 23.9 Å². The molecule has 3 unspecified atom stereocenters. The average molecular weight is 261 g/mol. The van der Waals surface area contributed by atoms with Gasteiger partial charge in [0.15, 0.2) is 0 Å². The number of hydrogen-bond donors (Lipinski definition) is 2. The molecule has 2 aliphatic rings. The SMILES string of the molecule is CC1CCC(O)(C2(CN)CCOc3ccccc32)C1. The third-order valence-electron chi connectivity index (χ3n) is 5.17. The molecular formula is C16H23NO2. The molecule has 0 amide bonds. The predicted octanol–water partition coefficient (Wildman–Crippen LogP) is 2.22. The summed E-state index contributed by atoms with van der Waals surface area (Å²) in [7, 11) is 0. The van der Waals surface area contributed by atoms with Crippen LogP contribution < -0.4 is 10.5 Å². The van der Waals surface area contributed by atoms with Crippen molar-refractivity contribution >= 4 is 0 Å². The lowest BCUT2D eigenvalue weighted by Crippen LogP contribution is -2.57. The Balaban J connectivity index is 2.10. The molecule has 19 heavy (non-hydrogen) atoms. The lowest BCUT2D eigenvalue weighted by Gasteiger charge is -2.48. The van der Waals surface area contributed by atoms with Crippen LogP contribution >= 0.6 is 0 Å². The molecule has 0 spiro atoms. The van der Waals surface area contributed by atoms with Crippen LogP contribution in [0.2, 0.25) is 0 Å². The number of fused-ring (bicyclic) bond motifs is 1. The molecule has 3 rings (SSSR count). The second kappa shape index (κ2) is 4.50. The number of rotatable bonds is 2. The van der Waals surface area contributed by atoms with Crippen molar-refractivity contribution in [2.45, 2.75) is 43.6 Å². The third-order valence-corrected chi connectivity index (χ3v) is 5.17. The third kappa shape index (κ3) is 1.79. The largest absolute Gasteiger partial charge is 0.493 e. The van der Waals surface area contributed by atoms with Gasteiger partial charge in [-0.05, 0) is 37.7 Å². The van der Waals surface area contributed by atoms with Crippen LogP contribution in [0.5, 0.6) is 5.75 Å². The van der Waals surface area contributed by atoms with Gasteiger partial charge >= 0.3 is 0 Å². The van der Waals surface area contributed by atoms with E-state index in [0.717, 1.165) is 37.0 Å². The van der Waals surface area contributed by atoms with E-state index in [4.69, 9.17) is 10.5 Å². The molecule has 104 valence electrons. The van der Waals surface area contributed by atoms with Gasteiger partial charge in [-0.2, -0.15) is 0 Å². The number of hydrogen-bond acceptors (Lipinski definition) is 3. The summed E-state index contributed by atoms with van der Waals surface area (Å²) in [5, 5.41) is 11.2. The minimum atomic E-state index is -0.680. The van der Waals surface area contributed by atoms with Gasteiger partial charge in [-0.15, -0.1) is 0 Å². The normalized spacial score (nSPS) is 37.7. The quantitative estimate of drug-likeness (QED) is 0.858. The number of aliphatic hydroxyl groups is 1. The van der Waals surface area contributed by atoms with Crippen molar-refractivity contribution in [1.82, 2.24) is 0 Å². The highest BCUT2D eigenvalue weighted by Crippen LogP contribution is 2.52. The first-order valence-electron chi connectivity index (χ1n) is 7.26. The fourth-order valence-electron chi connectivity index (χ4n) is 4.04. The molecule has 0 bridgehead atoms. The van der Waals surface area contributed by atoms with Crippen LogP contribution in [0.3, 0.4) is 0 Å². The fraction of sp³-hybridized carbons (Fsp3) is 0.625. The summed E-state index contributed by atoms with van der Waals surface area (Å²) >= 11 is 0. The molecule has 3 nitrogen and oxygen atoms in total. The number of ether oxygens (including phenoxy) is 1. The van der Waals surface area contributed by atoms with E-state index >= 15 is 0 Å². The number of para-hydroxylation sites is 1. The summed E-state index contributed by atoms with van der Waals surface area (Å²) in [5.74, 6) is 1.47. The van der Waals surface area contributed by atoms with Crippen molar-refractivity contribution < 1.29 is 9.84 Å². The molecule has 0 saturated heterocycles. The van der Waals surface area contributed by atoms with Gasteiger partial charge < -0.3 is 15.6 Å². The Morgan fingerprint density at radius 2 is 2.16 bits per heavy atom. The molecule has 1 saturated carbocycles. The van der Waals surface area contributed by atoms with Crippen molar-refractivity contribution in [3.05, 3.63) is 29.8 Å². The minimum Gasteiger partial charge on any atom is -0.493 e. The number of benzene rings is 1. The van der Waals surface area contributed by atoms with Crippen molar-refractivity contribution in [1.29, 1.82) is 0 Å². The van der Waals surface area contributed by atoms with Crippen molar-refractivity contribution in [3.8, 4) is 5.75 Å². The first kappa shape index (κ1) is 12.9. The Hall–Kier alpha value is -1.06. The summed E-state index contributed by atoms with van der Waals surface area (Å²) in [6, 6.07) is 8.05. The molecule has 1 aromatic carbocycles. The van der Waals surface area contributed by atoms with Gasteiger partial charge in [0.1, 0.15) is 5.75 Å². The van der Waals surface area contributed by atoms with E-state index in [1.807, 2.05) is 18.2 Å². The minimum absolute atomic E-state index is 0.341. The van der Waals surface area contributed by atoms with E-state index in [1.54, 1.807) is 0 Å². The van der Waals surface area contributed by atoms with Crippen molar-refractivity contribution in [2.24, 2.45) is 11.7 Å². The first-order chi connectivity index (χ1) is 9.11. The standard InChI is InChI=1S/C16H23NO2/c1-12-6-7-16(18,10-12)15(11-17)8-9-19-14-5-3-2-4-13(14)15/h2-5,12,18H,6-11,17H2,1H3. The van der Waals surface area contributed by atoms with Gasteiger partial charge in [0.2, 0.25) is 0 Å². The zero-order valence-electron chi connectivity index (χ0n) is 11.6. The van der Waals surface area contributed by atoms with E-state index in [0.29, 0.717) is 19.1 Å². The Morgan fingerprint density at radius 1 is 1.37 bits per heavy atom. The molecule has 0 aromatic heterocycles. The molecule has 1 aliphatic heterocycles. The zero-order valence-corrected chi connectivity index (χ0v) is 11.6. The monoisotopic (exact) mass is 261 g/mol. The van der Waals surface area contributed by atoms with E-state index in [2.05, 4.69) is 13.0 Å². The Morgan fingerprint density at radius 3 is 2.84 bits per heavy atom. The van der Waals surface area contributed by atoms with Crippen molar-refractivity contribution in [3.63, 3.8) is 0 Å². The van der Waals surface area contributed by atoms with Crippen LogP contribution in [0.15, 0.2) is 24.3 Å². The van der Waals surface area contributed by atoms with E-state index in [9.17, 15) is 5.11 Å². The van der Waals surface area contributed by atoms with Crippen LogP contribution in [-0.2, 0) is 5.41 Å².